The van der Waals surface area contributed by atoms with E-state index in [1.165, 1.54) is 31.5 Å². The van der Waals surface area contributed by atoms with E-state index in [9.17, 15) is 18.0 Å². The second-order valence-electron chi connectivity index (χ2n) is 6.42. The molecule has 1 aromatic rings. The van der Waals surface area contributed by atoms with Crippen molar-refractivity contribution in [3.8, 4) is 0 Å². The van der Waals surface area contributed by atoms with E-state index < -0.39 is 10.0 Å². The first kappa shape index (κ1) is 18.2. The molecule has 0 heterocycles. The van der Waals surface area contributed by atoms with Crippen LogP contribution in [0.3, 0.4) is 0 Å². The molecule has 1 saturated carbocycles. The number of hydrogen-bond donors (Lipinski definition) is 1. The molecule has 0 spiro atoms. The van der Waals surface area contributed by atoms with Gasteiger partial charge in [0, 0.05) is 11.7 Å². The standard InChI is InChI=1S/C16H24FN2O3S/c1-19(20)16-10-7-14(17)11-13(16)6-3-12-4-8-15(9-5-12)18-23(2,21)22/h7,10-12,15,18H,3-6,8-9H2,1-2H3/q-1. The third kappa shape index (κ3) is 5.75. The zero-order chi connectivity index (χ0) is 17.0. The number of benzene rings is 1. The molecule has 23 heavy (non-hydrogen) atoms. The Morgan fingerprint density at radius 3 is 2.52 bits per heavy atom. The number of sulfonamides is 1. The van der Waals surface area contributed by atoms with E-state index in [-0.39, 0.29) is 11.9 Å². The van der Waals surface area contributed by atoms with Crippen LogP contribution in [0.25, 0.3) is 0 Å². The number of hydrogen-bond acceptors (Lipinski definition) is 4. The van der Waals surface area contributed by atoms with Crippen LogP contribution >= 0.6 is 0 Å². The number of hydroxylamine groups is 1. The summed E-state index contributed by atoms with van der Waals surface area (Å²) < 4.78 is 38.5. The average Bonchev–Trinajstić information content (AvgIpc) is 2.44. The number of nitrogens with one attached hydrogen (secondary N) is 1. The summed E-state index contributed by atoms with van der Waals surface area (Å²) in [6.07, 6.45) is 6.29. The van der Waals surface area contributed by atoms with Crippen molar-refractivity contribution in [1.82, 2.24) is 4.72 Å². The molecular formula is C16H24FN2O3S-. The molecule has 0 bridgehead atoms. The molecule has 1 aliphatic carbocycles. The smallest absolute Gasteiger partial charge is 0.208 e. The highest BCUT2D eigenvalue weighted by molar-refractivity contribution is 7.88. The van der Waals surface area contributed by atoms with Gasteiger partial charge in [-0.25, -0.2) is 17.5 Å². The molecule has 2 rings (SSSR count). The van der Waals surface area contributed by atoms with Crippen LogP contribution in [0.2, 0.25) is 0 Å². The van der Waals surface area contributed by atoms with Crippen molar-refractivity contribution in [2.24, 2.45) is 5.92 Å². The summed E-state index contributed by atoms with van der Waals surface area (Å²) in [7, 11) is -1.73. The molecule has 0 aliphatic heterocycles. The molecule has 1 N–H and O–H groups in total. The molecule has 130 valence electrons. The van der Waals surface area contributed by atoms with E-state index >= 15 is 0 Å². The summed E-state index contributed by atoms with van der Waals surface area (Å²) >= 11 is 0. The predicted molar refractivity (Wildman–Crippen MR) is 90.2 cm³/mol. The normalized spacial score (nSPS) is 22.1. The number of anilines is 1. The Hall–Kier alpha value is -1.18. The average molecular weight is 343 g/mol. The van der Waals surface area contributed by atoms with Crippen LogP contribution in [-0.4, -0.2) is 27.8 Å². The van der Waals surface area contributed by atoms with Crippen molar-refractivity contribution >= 4 is 15.7 Å². The van der Waals surface area contributed by atoms with Gasteiger partial charge in [0.05, 0.1) is 6.26 Å². The van der Waals surface area contributed by atoms with Gasteiger partial charge in [0.15, 0.2) is 0 Å². The Balaban J connectivity index is 1.87. The van der Waals surface area contributed by atoms with E-state index in [1.54, 1.807) is 0 Å². The fourth-order valence-corrected chi connectivity index (χ4v) is 4.13. The van der Waals surface area contributed by atoms with Crippen molar-refractivity contribution in [3.63, 3.8) is 0 Å². The zero-order valence-electron chi connectivity index (χ0n) is 13.6. The van der Waals surface area contributed by atoms with Crippen LogP contribution in [0, 0.1) is 16.9 Å². The van der Waals surface area contributed by atoms with Gasteiger partial charge in [0.1, 0.15) is 5.82 Å². The first-order chi connectivity index (χ1) is 10.7. The summed E-state index contributed by atoms with van der Waals surface area (Å²) in [4.78, 5) is 0. The Bertz CT molecular complexity index is 626. The highest BCUT2D eigenvalue weighted by Gasteiger charge is 2.23. The highest BCUT2D eigenvalue weighted by atomic mass is 32.2. The molecule has 0 radical (unpaired) electrons. The van der Waals surface area contributed by atoms with Gasteiger partial charge in [-0.05, 0) is 75.3 Å². The maximum absolute atomic E-state index is 13.4. The van der Waals surface area contributed by atoms with E-state index in [0.717, 1.165) is 42.7 Å². The van der Waals surface area contributed by atoms with E-state index in [4.69, 9.17) is 0 Å². The molecule has 5 nitrogen and oxygen atoms in total. The van der Waals surface area contributed by atoms with Gasteiger partial charge in [-0.1, -0.05) is 0 Å². The Labute approximate surface area is 137 Å². The van der Waals surface area contributed by atoms with Crippen molar-refractivity contribution in [2.75, 3.05) is 18.4 Å². The molecule has 1 aromatic carbocycles. The molecule has 0 atom stereocenters. The lowest BCUT2D eigenvalue weighted by Gasteiger charge is -2.30. The summed E-state index contributed by atoms with van der Waals surface area (Å²) in [5.41, 5.74) is 1.25. The molecule has 1 aliphatic rings. The lowest BCUT2D eigenvalue weighted by atomic mass is 9.83. The van der Waals surface area contributed by atoms with E-state index in [1.807, 2.05) is 0 Å². The topological polar surface area (TPSA) is 72.5 Å². The van der Waals surface area contributed by atoms with Crippen molar-refractivity contribution < 1.29 is 12.8 Å². The molecular weight excluding hydrogens is 319 g/mol. The molecule has 0 saturated heterocycles. The van der Waals surface area contributed by atoms with Gasteiger partial charge in [0.25, 0.3) is 0 Å². The maximum atomic E-state index is 13.4. The maximum Gasteiger partial charge on any atom is 0.208 e. The first-order valence-corrected chi connectivity index (χ1v) is 9.80. The third-order valence-electron chi connectivity index (χ3n) is 4.43. The summed E-state index contributed by atoms with van der Waals surface area (Å²) in [6, 6.07) is 4.28. The Morgan fingerprint density at radius 2 is 1.96 bits per heavy atom. The van der Waals surface area contributed by atoms with Gasteiger partial charge in [-0.15, -0.1) is 0 Å². The minimum absolute atomic E-state index is 0.0266. The lowest BCUT2D eigenvalue weighted by molar-refractivity contribution is 0.299. The number of aryl methyl sites for hydroxylation is 1. The van der Waals surface area contributed by atoms with Crippen LogP contribution in [-0.2, 0) is 16.4 Å². The van der Waals surface area contributed by atoms with Crippen LogP contribution in [0.1, 0.15) is 37.7 Å². The van der Waals surface area contributed by atoms with Gasteiger partial charge in [-0.2, -0.15) is 0 Å². The van der Waals surface area contributed by atoms with Gasteiger partial charge in [0.2, 0.25) is 10.0 Å². The summed E-state index contributed by atoms with van der Waals surface area (Å²) in [5, 5.41) is 12.3. The number of nitrogens with zero attached hydrogens (tertiary/aromatic N) is 1. The first-order valence-electron chi connectivity index (χ1n) is 7.91. The van der Waals surface area contributed by atoms with Crippen molar-refractivity contribution in [1.29, 1.82) is 0 Å². The zero-order valence-corrected chi connectivity index (χ0v) is 14.4. The number of halogens is 1. The van der Waals surface area contributed by atoms with Gasteiger partial charge in [-0.3, -0.25) is 0 Å². The quantitative estimate of drug-likeness (QED) is 0.806. The third-order valence-corrected chi connectivity index (χ3v) is 5.19. The van der Waals surface area contributed by atoms with Gasteiger partial charge >= 0.3 is 0 Å². The Kier molecular flexibility index (Phi) is 6.00. The van der Waals surface area contributed by atoms with Crippen LogP contribution in [0.5, 0.6) is 0 Å². The van der Waals surface area contributed by atoms with E-state index in [2.05, 4.69) is 4.72 Å². The molecule has 1 fully saturated rings. The summed E-state index contributed by atoms with van der Waals surface area (Å²) in [6.45, 7) is 0. The highest BCUT2D eigenvalue weighted by Crippen LogP contribution is 2.30. The minimum atomic E-state index is -3.15. The number of rotatable bonds is 6. The Morgan fingerprint density at radius 1 is 1.30 bits per heavy atom. The fraction of sp³-hybridized carbons (Fsp3) is 0.625. The van der Waals surface area contributed by atoms with Crippen molar-refractivity contribution in [3.05, 3.63) is 34.8 Å². The second kappa shape index (κ2) is 7.59. The minimum Gasteiger partial charge on any atom is -0.758 e. The van der Waals surface area contributed by atoms with Crippen LogP contribution in [0.15, 0.2) is 18.2 Å². The molecule has 7 heteroatoms. The second-order valence-corrected chi connectivity index (χ2v) is 8.20. The van der Waals surface area contributed by atoms with Crippen LogP contribution < -0.4 is 9.79 Å². The molecule has 0 amide bonds. The van der Waals surface area contributed by atoms with E-state index in [0.29, 0.717) is 18.0 Å². The summed E-state index contributed by atoms with van der Waals surface area (Å²) in [5.74, 6) is 0.160. The fourth-order valence-electron chi connectivity index (χ4n) is 3.29. The van der Waals surface area contributed by atoms with Gasteiger partial charge < -0.3 is 10.3 Å². The molecule has 0 aromatic heterocycles. The van der Waals surface area contributed by atoms with Crippen molar-refractivity contribution in [2.45, 2.75) is 44.6 Å². The SMILES string of the molecule is CN([O-])c1ccc(F)cc1CCC1CCC(NS(C)(=O)=O)CC1. The monoisotopic (exact) mass is 343 g/mol. The van der Waals surface area contributed by atoms with Crippen LogP contribution in [0.4, 0.5) is 10.1 Å². The largest absolute Gasteiger partial charge is 0.758 e. The predicted octanol–water partition coefficient (Wildman–Crippen LogP) is 2.80. The lowest BCUT2D eigenvalue weighted by Crippen LogP contribution is -2.36. The molecule has 0 unspecified atom stereocenters.